The van der Waals surface area contributed by atoms with Crippen molar-refractivity contribution in [1.82, 2.24) is 0 Å². The summed E-state index contributed by atoms with van der Waals surface area (Å²) >= 11 is -5.52. The monoisotopic (exact) mass is 232 g/mol. The maximum atomic E-state index is 8.85. The van der Waals surface area contributed by atoms with Crippen LogP contribution >= 0.6 is 0 Å². The summed E-state index contributed by atoms with van der Waals surface area (Å²) < 4.78 is 40.5. The van der Waals surface area contributed by atoms with Crippen LogP contribution in [0.3, 0.4) is 0 Å². The van der Waals surface area contributed by atoms with Crippen LogP contribution in [0.5, 0.6) is 0 Å². The van der Waals surface area contributed by atoms with Crippen LogP contribution < -0.4 is 0 Å². The molecule has 0 heterocycles. The van der Waals surface area contributed by atoms with E-state index in [-0.39, 0.29) is 0 Å². The average Bonchev–Trinajstić information content (AvgIpc) is 1.36. The predicted molar refractivity (Wildman–Crippen MR) is 14.9 cm³/mol. The molecule has 0 fully saturated rings. The van der Waals surface area contributed by atoms with Crippen LogP contribution in [0.4, 0.5) is 4.53 Å². The van der Waals surface area contributed by atoms with Gasteiger partial charge in [0, 0.05) is 0 Å². The number of hydrogen-bond acceptors (Lipinski definition) is 3. The fraction of sp³-hybridized carbons (Fsp3) is 0. The van der Waals surface area contributed by atoms with Crippen molar-refractivity contribution in [2.45, 2.75) is 0 Å². The first-order valence-electron chi connectivity index (χ1n) is 0.868. The van der Waals surface area contributed by atoms with Crippen LogP contribution in [-0.2, 0) is 6.21 Å². The first kappa shape index (κ1) is 10.2. The van der Waals surface area contributed by atoms with Crippen LogP contribution in [0.25, 0.3) is 0 Å². The van der Waals surface area contributed by atoms with Crippen LogP contribution in [0.15, 0.2) is 0 Å². The number of hydrogen-bond donors (Lipinski definition) is 3. The topological polar surface area (TPSA) is 94.8 Å². The molecule has 0 aliphatic rings. The molecule has 0 saturated carbocycles. The standard InChI is InChI=1S/FHO.H2O4Te/c1-2;1-5(2,3)4/h2H;(H2,1,2,3,4). The van der Waals surface area contributed by atoms with Gasteiger partial charge in [-0.2, -0.15) is 0 Å². The molecule has 0 amide bonds. The largest absolute Gasteiger partial charge is 0.209 e. The molecule has 3 N–H and O–H groups in total. The third-order valence-electron chi connectivity index (χ3n) is 0. The Kier molecular flexibility index (Phi) is 6.38. The SMILES string of the molecule is O=[Te](=O)(O)O.OF. The van der Waals surface area contributed by atoms with Crippen molar-refractivity contribution in [2.24, 2.45) is 0 Å². The molecule has 0 radical (unpaired) electrons. The van der Waals surface area contributed by atoms with Gasteiger partial charge in [-0.15, -0.1) is 0 Å². The molecule has 46 valence electrons. The minimum absolute atomic E-state index is 5.50. The molecule has 5 nitrogen and oxygen atoms in total. The zero-order valence-electron chi connectivity index (χ0n) is 2.94. The van der Waals surface area contributed by atoms with Crippen molar-refractivity contribution < 1.29 is 23.0 Å². The minimum atomic E-state index is -5.52. The molecular formula is H3FO5Te. The Hall–Kier alpha value is 0.200. The van der Waals surface area contributed by atoms with E-state index in [0.29, 0.717) is 0 Å². The fourth-order valence-corrected chi connectivity index (χ4v) is 0. The first-order chi connectivity index (χ1) is 3.00. The van der Waals surface area contributed by atoms with Gasteiger partial charge in [0.25, 0.3) is 0 Å². The predicted octanol–water partition coefficient (Wildman–Crippen LogP) is -1.87. The first-order valence-corrected chi connectivity index (χ1v) is 4.85. The Bertz CT molecular complexity index is 91.2. The van der Waals surface area contributed by atoms with Gasteiger partial charge in [-0.25, -0.2) is 5.31 Å². The molecule has 0 bridgehead atoms. The van der Waals surface area contributed by atoms with Gasteiger partial charge in [0.05, 0.1) is 0 Å². The second-order valence-electron chi connectivity index (χ2n) is 0.448. The second-order valence-corrected chi connectivity index (χ2v) is 3.00. The molecule has 0 spiro atoms. The Balaban J connectivity index is 0. The maximum absolute atomic E-state index is 8.85. The fourth-order valence-electron chi connectivity index (χ4n) is 0. The van der Waals surface area contributed by atoms with Crippen LogP contribution in [0, 0.1) is 0 Å². The van der Waals surface area contributed by atoms with Gasteiger partial charge in [-0.3, -0.25) is 0 Å². The summed E-state index contributed by atoms with van der Waals surface area (Å²) in [5.41, 5.74) is 0. The van der Waals surface area contributed by atoms with Gasteiger partial charge in [0.2, 0.25) is 0 Å². The maximum Gasteiger partial charge on any atom is -0.0519 e. The summed E-state index contributed by atoms with van der Waals surface area (Å²) in [6.45, 7) is 0. The zero-order chi connectivity index (χ0) is 6.50. The van der Waals surface area contributed by atoms with E-state index in [1.807, 2.05) is 0 Å². The van der Waals surface area contributed by atoms with E-state index in [2.05, 4.69) is 0 Å². The van der Waals surface area contributed by atoms with Crippen LogP contribution in [0.1, 0.15) is 0 Å². The van der Waals surface area contributed by atoms with Gasteiger partial charge >= 0.3 is 32.1 Å². The van der Waals surface area contributed by atoms with E-state index < -0.39 is 19.0 Å². The van der Waals surface area contributed by atoms with Crippen LogP contribution in [-0.4, -0.2) is 31.2 Å². The van der Waals surface area contributed by atoms with E-state index in [9.17, 15) is 0 Å². The van der Waals surface area contributed by atoms with Gasteiger partial charge in [0.15, 0.2) is 0 Å². The summed E-state index contributed by atoms with van der Waals surface area (Å²) in [5.74, 6) is 0. The molecule has 0 aliphatic heterocycles. The zero-order valence-corrected chi connectivity index (χ0v) is 5.27. The summed E-state index contributed by atoms with van der Waals surface area (Å²) in [5, 5.41) is 5.50. The van der Waals surface area contributed by atoms with Gasteiger partial charge in [0.1, 0.15) is 0 Å². The molecule has 0 atom stereocenters. The average molecular weight is 230 g/mol. The second kappa shape index (κ2) is 4.36. The molecule has 0 rings (SSSR count). The molecule has 7 heavy (non-hydrogen) atoms. The van der Waals surface area contributed by atoms with Crippen molar-refractivity contribution in [3.05, 3.63) is 0 Å². The molecule has 0 aromatic heterocycles. The Morgan fingerprint density at radius 1 is 1.14 bits per heavy atom. The van der Waals surface area contributed by atoms with Crippen molar-refractivity contribution in [3.8, 4) is 0 Å². The van der Waals surface area contributed by atoms with Gasteiger partial charge in [-0.05, 0) is 0 Å². The van der Waals surface area contributed by atoms with Gasteiger partial charge in [-0.1, -0.05) is 4.53 Å². The Labute approximate surface area is 42.6 Å². The van der Waals surface area contributed by atoms with Crippen molar-refractivity contribution in [1.29, 1.82) is 0 Å². The van der Waals surface area contributed by atoms with Gasteiger partial charge < -0.3 is 0 Å². The van der Waals surface area contributed by atoms with E-state index in [1.165, 1.54) is 0 Å². The van der Waals surface area contributed by atoms with E-state index in [4.69, 9.17) is 23.0 Å². The summed E-state index contributed by atoms with van der Waals surface area (Å²) in [4.78, 5) is 0. The molecular weight excluding hydrogens is 227 g/mol. The Morgan fingerprint density at radius 3 is 1.14 bits per heavy atom. The van der Waals surface area contributed by atoms with E-state index >= 15 is 0 Å². The Morgan fingerprint density at radius 2 is 1.14 bits per heavy atom. The molecule has 0 saturated heterocycles. The van der Waals surface area contributed by atoms with Crippen molar-refractivity contribution in [2.75, 3.05) is 0 Å². The number of rotatable bonds is 0. The normalized spacial score (nSPS) is 9.14. The van der Waals surface area contributed by atoms with E-state index in [0.717, 1.165) is 0 Å². The van der Waals surface area contributed by atoms with Crippen molar-refractivity contribution in [3.63, 3.8) is 0 Å². The molecule has 0 unspecified atom stereocenters. The molecule has 7 heteroatoms. The molecule has 0 aromatic carbocycles. The third-order valence-corrected chi connectivity index (χ3v) is 0. The summed E-state index contributed by atoms with van der Waals surface area (Å²) in [6, 6.07) is 0. The van der Waals surface area contributed by atoms with E-state index in [1.54, 1.807) is 0 Å². The molecule has 0 aromatic rings. The third kappa shape index (κ3) is 2740. The number of halogens is 1. The quantitative estimate of drug-likeness (QED) is 0.423. The summed E-state index contributed by atoms with van der Waals surface area (Å²) in [6.07, 6.45) is 0. The van der Waals surface area contributed by atoms with Crippen molar-refractivity contribution >= 4 is 19.0 Å². The summed E-state index contributed by atoms with van der Waals surface area (Å²) in [7, 11) is 0. The smallest absolute Gasteiger partial charge is 0.0519 e. The minimum Gasteiger partial charge on any atom is -0.209 e. The molecule has 0 aliphatic carbocycles. The van der Waals surface area contributed by atoms with Crippen LogP contribution in [0.2, 0.25) is 0 Å².